The third-order valence-corrected chi connectivity index (χ3v) is 4.47. The third kappa shape index (κ3) is 5.81. The number of halogens is 2. The fourth-order valence-electron chi connectivity index (χ4n) is 2.88. The molecular weight excluding hydrogens is 418 g/mol. The zero-order valence-electron chi connectivity index (χ0n) is 16.5. The number of hydrogen-bond acceptors (Lipinski definition) is 7. The van der Waals surface area contributed by atoms with Gasteiger partial charge in [0.05, 0.1) is 31.1 Å². The Morgan fingerprint density at radius 2 is 1.71 bits per heavy atom. The second kappa shape index (κ2) is 10.2. The van der Waals surface area contributed by atoms with Crippen molar-refractivity contribution in [2.75, 3.05) is 14.2 Å². The summed E-state index contributed by atoms with van der Waals surface area (Å²) in [5, 5.41) is 13.2. The van der Waals surface area contributed by atoms with Crippen LogP contribution in [0.25, 0.3) is 0 Å². The van der Waals surface area contributed by atoms with Gasteiger partial charge in [-0.25, -0.2) is 13.6 Å². The van der Waals surface area contributed by atoms with E-state index in [9.17, 15) is 33.3 Å². The molecule has 0 bridgehead atoms. The molecule has 0 unspecified atom stereocenters. The zero-order chi connectivity index (χ0) is 23.1. The van der Waals surface area contributed by atoms with E-state index in [1.54, 1.807) is 0 Å². The van der Waals surface area contributed by atoms with E-state index in [-0.39, 0.29) is 11.3 Å². The molecule has 0 radical (unpaired) electrons. The number of nitrogens with one attached hydrogen (secondary N) is 1. The van der Waals surface area contributed by atoms with Gasteiger partial charge in [-0.2, -0.15) is 0 Å². The summed E-state index contributed by atoms with van der Waals surface area (Å²) in [7, 11) is 2.17. The van der Waals surface area contributed by atoms with E-state index in [1.165, 1.54) is 12.1 Å². The van der Waals surface area contributed by atoms with Gasteiger partial charge in [0.1, 0.15) is 17.7 Å². The third-order valence-electron chi connectivity index (χ3n) is 4.47. The van der Waals surface area contributed by atoms with E-state index in [2.05, 4.69) is 10.1 Å². The van der Waals surface area contributed by atoms with Crippen LogP contribution < -0.4 is 5.32 Å². The number of benzene rings is 2. The van der Waals surface area contributed by atoms with Crippen LogP contribution in [0, 0.1) is 21.7 Å². The highest BCUT2D eigenvalue weighted by atomic mass is 19.1. The molecule has 0 aromatic heterocycles. The van der Waals surface area contributed by atoms with Crippen molar-refractivity contribution in [1.82, 2.24) is 5.32 Å². The number of nitro groups is 1. The van der Waals surface area contributed by atoms with Crippen LogP contribution in [0.2, 0.25) is 0 Å². The summed E-state index contributed by atoms with van der Waals surface area (Å²) in [6.07, 6.45) is -0.403. The number of methoxy groups -OCH3 is 2. The Balaban J connectivity index is 2.44. The highest BCUT2D eigenvalue weighted by Crippen LogP contribution is 2.27. The largest absolute Gasteiger partial charge is 0.469 e. The van der Waals surface area contributed by atoms with Gasteiger partial charge < -0.3 is 14.8 Å². The number of rotatable bonds is 8. The molecule has 0 saturated carbocycles. The fourth-order valence-corrected chi connectivity index (χ4v) is 2.88. The van der Waals surface area contributed by atoms with Crippen molar-refractivity contribution in [2.24, 2.45) is 0 Å². The molecule has 2 rings (SSSR count). The smallest absolute Gasteiger partial charge is 0.329 e. The summed E-state index contributed by atoms with van der Waals surface area (Å²) < 4.78 is 36.5. The Morgan fingerprint density at radius 3 is 2.23 bits per heavy atom. The van der Waals surface area contributed by atoms with Crippen LogP contribution in [0.4, 0.5) is 14.5 Å². The lowest BCUT2D eigenvalue weighted by molar-refractivity contribution is -0.384. The maximum Gasteiger partial charge on any atom is 0.329 e. The molecule has 0 aliphatic heterocycles. The Bertz CT molecular complexity index is 996. The topological polar surface area (TPSA) is 125 Å². The number of ether oxygens (including phenoxy) is 2. The molecule has 0 spiro atoms. The molecule has 9 nitrogen and oxygen atoms in total. The Hall–Kier alpha value is -3.89. The van der Waals surface area contributed by atoms with Crippen molar-refractivity contribution in [1.29, 1.82) is 0 Å². The average Bonchev–Trinajstić information content (AvgIpc) is 2.75. The second-order valence-corrected chi connectivity index (χ2v) is 6.33. The van der Waals surface area contributed by atoms with Crippen LogP contribution in [-0.4, -0.2) is 43.0 Å². The quantitative estimate of drug-likeness (QED) is 0.383. The van der Waals surface area contributed by atoms with E-state index in [4.69, 9.17) is 4.74 Å². The average molecular weight is 436 g/mol. The van der Waals surface area contributed by atoms with Gasteiger partial charge in [-0.15, -0.1) is 0 Å². The Kier molecular flexibility index (Phi) is 7.72. The number of non-ortho nitro benzene ring substituents is 1. The molecule has 11 heteroatoms. The van der Waals surface area contributed by atoms with Crippen LogP contribution >= 0.6 is 0 Å². The van der Waals surface area contributed by atoms with Crippen LogP contribution in [-0.2, 0) is 19.1 Å². The van der Waals surface area contributed by atoms with E-state index in [1.807, 2.05) is 0 Å². The van der Waals surface area contributed by atoms with Crippen molar-refractivity contribution in [3.05, 3.63) is 75.3 Å². The molecule has 0 heterocycles. The predicted octanol–water partition coefficient (Wildman–Crippen LogP) is 2.49. The standard InChI is InChI=1S/C20H18F2N2O7/c1-30-17(25)10-15(11-3-6-13(7-4-11)24(28)29)18(20(27)31-2)23-19(26)14-8-5-12(21)9-16(14)22/h3-9,15,18H,10H2,1-2H3,(H,23,26)/t15-,18-/m1/s1. The van der Waals surface area contributed by atoms with Gasteiger partial charge in [-0.05, 0) is 17.7 Å². The summed E-state index contributed by atoms with van der Waals surface area (Å²) in [5.41, 5.74) is -0.477. The van der Waals surface area contributed by atoms with Crippen LogP contribution in [0.5, 0.6) is 0 Å². The van der Waals surface area contributed by atoms with Gasteiger partial charge in [0.25, 0.3) is 11.6 Å². The molecule has 1 amide bonds. The first-order valence-corrected chi connectivity index (χ1v) is 8.82. The first-order chi connectivity index (χ1) is 14.7. The van der Waals surface area contributed by atoms with Crippen LogP contribution in [0.3, 0.4) is 0 Å². The van der Waals surface area contributed by atoms with Gasteiger partial charge in [-0.3, -0.25) is 19.7 Å². The number of hydrogen-bond donors (Lipinski definition) is 1. The predicted molar refractivity (Wildman–Crippen MR) is 102 cm³/mol. The minimum absolute atomic E-state index is 0.229. The molecule has 31 heavy (non-hydrogen) atoms. The molecule has 0 aliphatic rings. The normalized spacial score (nSPS) is 12.4. The van der Waals surface area contributed by atoms with Gasteiger partial charge in [0.15, 0.2) is 0 Å². The molecule has 0 aliphatic carbocycles. The highest BCUT2D eigenvalue weighted by molar-refractivity contribution is 5.97. The van der Waals surface area contributed by atoms with Crippen molar-refractivity contribution in [3.8, 4) is 0 Å². The fraction of sp³-hybridized carbons (Fsp3) is 0.250. The number of nitrogens with zero attached hydrogens (tertiary/aromatic N) is 1. The lowest BCUT2D eigenvalue weighted by Crippen LogP contribution is -2.46. The maximum absolute atomic E-state index is 14.0. The van der Waals surface area contributed by atoms with Crippen LogP contribution in [0.1, 0.15) is 28.3 Å². The van der Waals surface area contributed by atoms with Crippen molar-refractivity contribution in [3.63, 3.8) is 0 Å². The van der Waals surface area contributed by atoms with E-state index < -0.39 is 58.3 Å². The lowest BCUT2D eigenvalue weighted by atomic mass is 9.88. The molecule has 2 aromatic carbocycles. The van der Waals surface area contributed by atoms with Crippen molar-refractivity contribution >= 4 is 23.5 Å². The Labute approximate surface area is 175 Å². The number of carbonyl (C=O) groups is 3. The number of nitro benzene ring substituents is 1. The molecule has 0 saturated heterocycles. The van der Waals surface area contributed by atoms with E-state index in [0.717, 1.165) is 38.5 Å². The molecule has 0 fully saturated rings. The lowest BCUT2D eigenvalue weighted by Gasteiger charge is -2.26. The van der Waals surface area contributed by atoms with Crippen molar-refractivity contribution < 1.29 is 37.6 Å². The summed E-state index contributed by atoms with van der Waals surface area (Å²) in [6, 6.07) is 5.74. The minimum atomic E-state index is -1.48. The summed E-state index contributed by atoms with van der Waals surface area (Å²) in [6.45, 7) is 0. The monoisotopic (exact) mass is 436 g/mol. The minimum Gasteiger partial charge on any atom is -0.469 e. The number of carbonyl (C=O) groups excluding carboxylic acids is 3. The maximum atomic E-state index is 14.0. The van der Waals surface area contributed by atoms with E-state index in [0.29, 0.717) is 6.07 Å². The van der Waals surface area contributed by atoms with Crippen LogP contribution in [0.15, 0.2) is 42.5 Å². The molecule has 1 N–H and O–H groups in total. The molecule has 2 aromatic rings. The summed E-state index contributed by atoms with van der Waals surface area (Å²) in [5.74, 6) is -5.85. The molecule has 164 valence electrons. The zero-order valence-corrected chi connectivity index (χ0v) is 16.5. The van der Waals surface area contributed by atoms with Crippen molar-refractivity contribution in [2.45, 2.75) is 18.4 Å². The van der Waals surface area contributed by atoms with Gasteiger partial charge in [0, 0.05) is 24.1 Å². The van der Waals surface area contributed by atoms with E-state index >= 15 is 0 Å². The molecule has 2 atom stereocenters. The molecular formula is C20H18F2N2O7. The SMILES string of the molecule is COC(=O)C[C@H](c1ccc([N+](=O)[O-])cc1)[C@@H](NC(=O)c1ccc(F)cc1F)C(=O)OC. The summed E-state index contributed by atoms with van der Waals surface area (Å²) >= 11 is 0. The van der Waals surface area contributed by atoms with Gasteiger partial charge in [-0.1, -0.05) is 12.1 Å². The number of esters is 2. The van der Waals surface area contributed by atoms with Gasteiger partial charge >= 0.3 is 11.9 Å². The Morgan fingerprint density at radius 1 is 1.06 bits per heavy atom. The highest BCUT2D eigenvalue weighted by Gasteiger charge is 2.35. The first-order valence-electron chi connectivity index (χ1n) is 8.82. The summed E-state index contributed by atoms with van der Waals surface area (Å²) in [4.78, 5) is 47.2. The van der Waals surface area contributed by atoms with Gasteiger partial charge in [0.2, 0.25) is 0 Å². The first kappa shape index (κ1) is 23.4. The second-order valence-electron chi connectivity index (χ2n) is 6.33. The number of amides is 1.